The molecule has 1 aromatic carbocycles. The van der Waals surface area contributed by atoms with Gasteiger partial charge in [-0.25, -0.2) is 0 Å². The first kappa shape index (κ1) is 17.2. The van der Waals surface area contributed by atoms with Crippen LogP contribution in [-0.2, 0) is 16.0 Å². The molecule has 116 valence electrons. The summed E-state index contributed by atoms with van der Waals surface area (Å²) in [6.45, 7) is 5.79. The lowest BCUT2D eigenvalue weighted by atomic mass is 10.0. The molecule has 0 aliphatic heterocycles. The van der Waals surface area contributed by atoms with Crippen molar-refractivity contribution in [3.05, 3.63) is 35.4 Å². The Balaban J connectivity index is 2.67. The molecule has 1 rings (SSSR count). The van der Waals surface area contributed by atoms with Crippen molar-refractivity contribution in [3.8, 4) is 0 Å². The van der Waals surface area contributed by atoms with Crippen molar-refractivity contribution in [2.24, 2.45) is 11.7 Å². The molecule has 2 atom stereocenters. The van der Waals surface area contributed by atoms with Crippen LogP contribution in [0.3, 0.4) is 0 Å². The number of hydrogen-bond donors (Lipinski definition) is 3. The Morgan fingerprint density at radius 3 is 2.29 bits per heavy atom. The van der Waals surface area contributed by atoms with Gasteiger partial charge in [0, 0.05) is 6.42 Å². The average Bonchev–Trinajstić information content (AvgIpc) is 2.39. The maximum atomic E-state index is 11.9. The van der Waals surface area contributed by atoms with Gasteiger partial charge in [-0.15, -0.1) is 0 Å². The third-order valence-electron chi connectivity index (χ3n) is 3.22. The first-order valence-electron chi connectivity index (χ1n) is 7.13. The summed E-state index contributed by atoms with van der Waals surface area (Å²) >= 11 is 0. The standard InChI is InChI=1S/C16H24N2O3/c1-10(2)8-14(19)16(21)18-13(15(17)20)9-12-6-4-11(3)5-7-12/h4-7,10,13-14,19H,8-9H2,1-3H3,(H2,17,20)(H,18,21)/t13-,14-/m0/s1. The van der Waals surface area contributed by atoms with Crippen molar-refractivity contribution in [2.75, 3.05) is 0 Å². The summed E-state index contributed by atoms with van der Waals surface area (Å²) < 4.78 is 0. The highest BCUT2D eigenvalue weighted by Gasteiger charge is 2.23. The molecule has 4 N–H and O–H groups in total. The number of aryl methyl sites for hydroxylation is 1. The zero-order chi connectivity index (χ0) is 16.0. The molecule has 0 saturated carbocycles. The van der Waals surface area contributed by atoms with Gasteiger partial charge in [-0.1, -0.05) is 43.7 Å². The predicted molar refractivity (Wildman–Crippen MR) is 81.5 cm³/mol. The van der Waals surface area contributed by atoms with E-state index in [0.717, 1.165) is 11.1 Å². The Labute approximate surface area is 125 Å². The van der Waals surface area contributed by atoms with Gasteiger partial charge < -0.3 is 16.2 Å². The van der Waals surface area contributed by atoms with Gasteiger partial charge in [-0.05, 0) is 24.8 Å². The molecular formula is C16H24N2O3. The minimum absolute atomic E-state index is 0.190. The zero-order valence-electron chi connectivity index (χ0n) is 12.8. The fourth-order valence-corrected chi connectivity index (χ4v) is 2.00. The van der Waals surface area contributed by atoms with Crippen LogP contribution in [0.2, 0.25) is 0 Å². The zero-order valence-corrected chi connectivity index (χ0v) is 12.8. The largest absolute Gasteiger partial charge is 0.383 e. The van der Waals surface area contributed by atoms with Crippen LogP contribution < -0.4 is 11.1 Å². The van der Waals surface area contributed by atoms with Crippen molar-refractivity contribution in [2.45, 2.75) is 45.8 Å². The third kappa shape index (κ3) is 5.95. The van der Waals surface area contributed by atoms with E-state index in [1.54, 1.807) is 0 Å². The Bertz CT molecular complexity index is 483. The van der Waals surface area contributed by atoms with Crippen molar-refractivity contribution >= 4 is 11.8 Å². The van der Waals surface area contributed by atoms with Crippen molar-refractivity contribution in [1.82, 2.24) is 5.32 Å². The van der Waals surface area contributed by atoms with Crippen molar-refractivity contribution < 1.29 is 14.7 Å². The number of nitrogens with two attached hydrogens (primary N) is 1. The molecule has 0 heterocycles. The molecule has 21 heavy (non-hydrogen) atoms. The number of carbonyl (C=O) groups excluding carboxylic acids is 2. The summed E-state index contributed by atoms with van der Waals surface area (Å²) in [5.74, 6) is -0.977. The molecule has 1 aromatic rings. The highest BCUT2D eigenvalue weighted by molar-refractivity contribution is 5.88. The molecule has 0 unspecified atom stereocenters. The Hall–Kier alpha value is -1.88. The Morgan fingerprint density at radius 1 is 1.24 bits per heavy atom. The molecule has 0 bridgehead atoms. The van der Waals surface area contributed by atoms with Crippen LogP contribution in [0.25, 0.3) is 0 Å². The number of nitrogens with one attached hydrogen (secondary N) is 1. The molecule has 0 fully saturated rings. The van der Waals surface area contributed by atoms with E-state index < -0.39 is 24.0 Å². The first-order valence-corrected chi connectivity index (χ1v) is 7.13. The second kappa shape index (κ2) is 7.78. The first-order chi connectivity index (χ1) is 9.79. The maximum Gasteiger partial charge on any atom is 0.249 e. The summed E-state index contributed by atoms with van der Waals surface area (Å²) in [5.41, 5.74) is 7.35. The van der Waals surface area contributed by atoms with Gasteiger partial charge in [0.25, 0.3) is 0 Å². The van der Waals surface area contributed by atoms with E-state index in [0.29, 0.717) is 12.8 Å². The summed E-state index contributed by atoms with van der Waals surface area (Å²) in [6, 6.07) is 6.83. The lowest BCUT2D eigenvalue weighted by molar-refractivity contribution is -0.133. The number of benzene rings is 1. The molecule has 0 spiro atoms. The van der Waals surface area contributed by atoms with Crippen LogP contribution in [0.5, 0.6) is 0 Å². The minimum Gasteiger partial charge on any atom is -0.383 e. The van der Waals surface area contributed by atoms with E-state index in [4.69, 9.17) is 5.73 Å². The van der Waals surface area contributed by atoms with E-state index in [2.05, 4.69) is 5.32 Å². The monoisotopic (exact) mass is 292 g/mol. The van der Waals surface area contributed by atoms with Crippen LogP contribution in [0, 0.1) is 12.8 Å². The molecule has 0 aliphatic rings. The number of aliphatic hydroxyl groups excluding tert-OH is 1. The van der Waals surface area contributed by atoms with Crippen LogP contribution in [0.15, 0.2) is 24.3 Å². The summed E-state index contributed by atoms with van der Waals surface area (Å²) in [7, 11) is 0. The van der Waals surface area contributed by atoms with Gasteiger partial charge in [-0.3, -0.25) is 9.59 Å². The highest BCUT2D eigenvalue weighted by Crippen LogP contribution is 2.08. The fraction of sp³-hybridized carbons (Fsp3) is 0.500. The number of carbonyl (C=O) groups is 2. The molecule has 0 saturated heterocycles. The minimum atomic E-state index is -1.12. The SMILES string of the molecule is Cc1ccc(C[C@H](NC(=O)[C@@H](O)CC(C)C)C(N)=O)cc1. The summed E-state index contributed by atoms with van der Waals surface area (Å²) in [6.07, 6.45) is -0.456. The fourth-order valence-electron chi connectivity index (χ4n) is 2.00. The maximum absolute atomic E-state index is 11.9. The van der Waals surface area contributed by atoms with Crippen LogP contribution in [-0.4, -0.2) is 29.1 Å². The molecule has 2 amide bonds. The van der Waals surface area contributed by atoms with E-state index in [9.17, 15) is 14.7 Å². The van der Waals surface area contributed by atoms with E-state index >= 15 is 0 Å². The quantitative estimate of drug-likeness (QED) is 0.697. The average molecular weight is 292 g/mol. The topological polar surface area (TPSA) is 92.4 Å². The predicted octanol–water partition coefficient (Wildman–Crippen LogP) is 0.915. The summed E-state index contributed by atoms with van der Waals surface area (Å²) in [4.78, 5) is 23.3. The van der Waals surface area contributed by atoms with Crippen LogP contribution >= 0.6 is 0 Å². The Kier molecular flexibility index (Phi) is 6.37. The van der Waals surface area contributed by atoms with Gasteiger partial charge in [0.05, 0.1) is 0 Å². The van der Waals surface area contributed by atoms with E-state index in [1.165, 1.54) is 0 Å². The van der Waals surface area contributed by atoms with Gasteiger partial charge in [0.2, 0.25) is 11.8 Å². The van der Waals surface area contributed by atoms with Gasteiger partial charge in [0.1, 0.15) is 12.1 Å². The van der Waals surface area contributed by atoms with Gasteiger partial charge in [-0.2, -0.15) is 0 Å². The van der Waals surface area contributed by atoms with Gasteiger partial charge in [0.15, 0.2) is 0 Å². The summed E-state index contributed by atoms with van der Waals surface area (Å²) in [5, 5.41) is 12.3. The smallest absolute Gasteiger partial charge is 0.249 e. The van der Waals surface area contributed by atoms with Crippen molar-refractivity contribution in [3.63, 3.8) is 0 Å². The van der Waals surface area contributed by atoms with E-state index in [-0.39, 0.29) is 5.92 Å². The molecule has 0 aromatic heterocycles. The van der Waals surface area contributed by atoms with Crippen LogP contribution in [0.4, 0.5) is 0 Å². The van der Waals surface area contributed by atoms with Crippen molar-refractivity contribution in [1.29, 1.82) is 0 Å². The number of rotatable bonds is 7. The normalized spacial score (nSPS) is 13.8. The second-order valence-electron chi connectivity index (χ2n) is 5.80. The number of primary amides is 1. The number of hydrogen-bond acceptors (Lipinski definition) is 3. The van der Waals surface area contributed by atoms with Crippen LogP contribution in [0.1, 0.15) is 31.4 Å². The van der Waals surface area contributed by atoms with Gasteiger partial charge >= 0.3 is 0 Å². The number of aliphatic hydroxyl groups is 1. The third-order valence-corrected chi connectivity index (χ3v) is 3.22. The lowest BCUT2D eigenvalue weighted by Gasteiger charge is -2.19. The highest BCUT2D eigenvalue weighted by atomic mass is 16.3. The lowest BCUT2D eigenvalue weighted by Crippen LogP contribution is -2.49. The molecular weight excluding hydrogens is 268 g/mol. The van der Waals surface area contributed by atoms with E-state index in [1.807, 2.05) is 45.0 Å². The molecule has 5 heteroatoms. The molecule has 0 radical (unpaired) electrons. The second-order valence-corrected chi connectivity index (χ2v) is 5.80. The number of amides is 2. The molecule has 5 nitrogen and oxygen atoms in total. The molecule has 0 aliphatic carbocycles. The Morgan fingerprint density at radius 2 is 1.81 bits per heavy atom.